The molecule has 19 heavy (non-hydrogen) atoms. The van der Waals surface area contributed by atoms with E-state index < -0.39 is 6.04 Å². The normalized spacial score (nSPS) is 12.1. The van der Waals surface area contributed by atoms with Crippen LogP contribution in [-0.4, -0.2) is 12.6 Å². The predicted molar refractivity (Wildman–Crippen MR) is 77.7 cm³/mol. The number of rotatable bonds is 9. The van der Waals surface area contributed by atoms with Gasteiger partial charge in [0, 0.05) is 0 Å². The summed E-state index contributed by atoms with van der Waals surface area (Å²) >= 11 is 0. The van der Waals surface area contributed by atoms with Crippen LogP contribution < -0.4 is 5.73 Å². The largest absolute Gasteiger partial charge is 0.464 e. The third-order valence-corrected chi connectivity index (χ3v) is 3.15. The van der Waals surface area contributed by atoms with Gasteiger partial charge in [0.05, 0.1) is 6.61 Å². The average Bonchev–Trinajstić information content (AvgIpc) is 2.46. The molecular weight excluding hydrogens is 238 g/mol. The highest BCUT2D eigenvalue weighted by molar-refractivity contribution is 5.77. The van der Waals surface area contributed by atoms with Crippen molar-refractivity contribution < 1.29 is 9.53 Å². The van der Waals surface area contributed by atoms with Crippen LogP contribution in [-0.2, 0) is 9.53 Å². The summed E-state index contributed by atoms with van der Waals surface area (Å²) in [6.45, 7) is 2.68. The molecule has 0 saturated heterocycles. The summed E-state index contributed by atoms with van der Waals surface area (Å²) in [5, 5.41) is 0. The van der Waals surface area contributed by atoms with Crippen LogP contribution in [0.3, 0.4) is 0 Å². The molecule has 1 atom stereocenters. The summed E-state index contributed by atoms with van der Waals surface area (Å²) in [6.07, 6.45) is 7.08. The van der Waals surface area contributed by atoms with Crippen LogP contribution in [0.1, 0.15) is 57.1 Å². The number of hydrogen-bond acceptors (Lipinski definition) is 3. The fourth-order valence-corrected chi connectivity index (χ4v) is 1.94. The minimum absolute atomic E-state index is 0.334. The molecule has 0 aliphatic carbocycles. The Balaban J connectivity index is 2.14. The Morgan fingerprint density at radius 3 is 2.42 bits per heavy atom. The van der Waals surface area contributed by atoms with E-state index in [1.165, 1.54) is 25.7 Å². The van der Waals surface area contributed by atoms with Gasteiger partial charge in [-0.3, -0.25) is 0 Å². The summed E-state index contributed by atoms with van der Waals surface area (Å²) in [5.74, 6) is -0.334. The highest BCUT2D eigenvalue weighted by atomic mass is 16.5. The molecule has 0 fully saturated rings. The van der Waals surface area contributed by atoms with Gasteiger partial charge in [-0.15, -0.1) is 0 Å². The van der Waals surface area contributed by atoms with Gasteiger partial charge in [-0.25, -0.2) is 4.79 Å². The summed E-state index contributed by atoms with van der Waals surface area (Å²) in [4.78, 5) is 11.7. The van der Waals surface area contributed by atoms with Crippen LogP contribution >= 0.6 is 0 Å². The van der Waals surface area contributed by atoms with Crippen LogP contribution in [0.5, 0.6) is 0 Å². The molecule has 0 bridgehead atoms. The Hall–Kier alpha value is -1.35. The van der Waals surface area contributed by atoms with E-state index in [9.17, 15) is 4.79 Å². The van der Waals surface area contributed by atoms with E-state index in [1.807, 2.05) is 30.3 Å². The topological polar surface area (TPSA) is 52.3 Å². The van der Waals surface area contributed by atoms with Crippen molar-refractivity contribution in [1.29, 1.82) is 0 Å². The highest BCUT2D eigenvalue weighted by Crippen LogP contribution is 2.11. The molecule has 0 radical (unpaired) electrons. The van der Waals surface area contributed by atoms with Gasteiger partial charge in [0.2, 0.25) is 0 Å². The fraction of sp³-hybridized carbons (Fsp3) is 0.562. The van der Waals surface area contributed by atoms with E-state index in [2.05, 4.69) is 6.92 Å². The fourth-order valence-electron chi connectivity index (χ4n) is 1.94. The predicted octanol–water partition coefficient (Wildman–Crippen LogP) is 3.59. The number of hydrogen-bond donors (Lipinski definition) is 1. The van der Waals surface area contributed by atoms with E-state index >= 15 is 0 Å². The molecule has 0 aliphatic rings. The zero-order valence-corrected chi connectivity index (χ0v) is 11.8. The number of carbonyl (C=O) groups excluding carboxylic acids is 1. The van der Waals surface area contributed by atoms with Crippen LogP contribution in [0, 0.1) is 0 Å². The molecule has 3 nitrogen and oxygen atoms in total. The van der Waals surface area contributed by atoms with Crippen molar-refractivity contribution in [3.63, 3.8) is 0 Å². The van der Waals surface area contributed by atoms with Crippen molar-refractivity contribution in [1.82, 2.24) is 0 Å². The van der Waals surface area contributed by atoms with Crippen molar-refractivity contribution >= 4 is 5.97 Å². The Labute approximate surface area is 116 Å². The minimum Gasteiger partial charge on any atom is -0.464 e. The maximum Gasteiger partial charge on any atom is 0.327 e. The third kappa shape index (κ3) is 6.39. The van der Waals surface area contributed by atoms with Crippen molar-refractivity contribution in [2.45, 2.75) is 51.5 Å². The number of unbranched alkanes of at least 4 members (excludes halogenated alkanes) is 5. The van der Waals surface area contributed by atoms with Crippen molar-refractivity contribution in [2.75, 3.05) is 6.61 Å². The second-order valence-corrected chi connectivity index (χ2v) is 4.82. The lowest BCUT2D eigenvalue weighted by Crippen LogP contribution is -2.24. The highest BCUT2D eigenvalue weighted by Gasteiger charge is 2.16. The van der Waals surface area contributed by atoms with E-state index in [1.54, 1.807) is 0 Å². The number of ether oxygens (including phenoxy) is 1. The molecule has 3 heteroatoms. The van der Waals surface area contributed by atoms with E-state index in [0.29, 0.717) is 6.61 Å². The lowest BCUT2D eigenvalue weighted by molar-refractivity contribution is -0.145. The van der Waals surface area contributed by atoms with Gasteiger partial charge < -0.3 is 10.5 Å². The summed E-state index contributed by atoms with van der Waals surface area (Å²) in [7, 11) is 0. The zero-order valence-electron chi connectivity index (χ0n) is 11.8. The molecule has 106 valence electrons. The van der Waals surface area contributed by atoms with Crippen molar-refractivity contribution in [2.24, 2.45) is 5.73 Å². The van der Waals surface area contributed by atoms with Crippen molar-refractivity contribution in [3.05, 3.63) is 35.9 Å². The first-order valence-electron chi connectivity index (χ1n) is 7.23. The maximum absolute atomic E-state index is 11.7. The Morgan fingerprint density at radius 1 is 1.11 bits per heavy atom. The molecule has 1 aromatic rings. The smallest absolute Gasteiger partial charge is 0.327 e. The van der Waals surface area contributed by atoms with Gasteiger partial charge in [0.1, 0.15) is 6.04 Å². The van der Waals surface area contributed by atoms with Gasteiger partial charge in [-0.2, -0.15) is 0 Å². The van der Waals surface area contributed by atoms with Gasteiger partial charge in [0.25, 0.3) is 0 Å². The van der Waals surface area contributed by atoms with Crippen LogP contribution in [0.4, 0.5) is 0 Å². The molecule has 0 aliphatic heterocycles. The standard InChI is InChI=1S/C16H25NO2/c1-2-3-4-5-6-10-13-19-16(18)15(17)14-11-8-7-9-12-14/h7-9,11-12,15H,2-6,10,13,17H2,1H3/t15-/m0/s1. The maximum atomic E-state index is 11.7. The van der Waals surface area contributed by atoms with Gasteiger partial charge in [0.15, 0.2) is 0 Å². The third-order valence-electron chi connectivity index (χ3n) is 3.15. The average molecular weight is 263 g/mol. The molecule has 1 aromatic carbocycles. The number of esters is 1. The summed E-state index contributed by atoms with van der Waals surface area (Å²) in [5.41, 5.74) is 6.65. The van der Waals surface area contributed by atoms with E-state index in [4.69, 9.17) is 10.5 Å². The quantitative estimate of drug-likeness (QED) is 0.547. The van der Waals surface area contributed by atoms with Crippen LogP contribution in [0.2, 0.25) is 0 Å². The second kappa shape index (κ2) is 9.56. The molecule has 0 amide bonds. The lowest BCUT2D eigenvalue weighted by Gasteiger charge is -2.11. The SMILES string of the molecule is CCCCCCCCOC(=O)[C@@H](N)c1ccccc1. The number of benzene rings is 1. The first-order chi connectivity index (χ1) is 9.25. The molecule has 0 heterocycles. The van der Waals surface area contributed by atoms with Gasteiger partial charge in [-0.1, -0.05) is 69.4 Å². The molecule has 0 saturated carbocycles. The second-order valence-electron chi connectivity index (χ2n) is 4.82. The van der Waals surface area contributed by atoms with E-state index in [0.717, 1.165) is 18.4 Å². The molecule has 1 rings (SSSR count). The summed E-state index contributed by atoms with van der Waals surface area (Å²) in [6, 6.07) is 8.67. The first kappa shape index (κ1) is 15.7. The van der Waals surface area contributed by atoms with Crippen molar-refractivity contribution in [3.8, 4) is 0 Å². The molecule has 0 aromatic heterocycles. The molecule has 0 spiro atoms. The zero-order chi connectivity index (χ0) is 13.9. The Bertz CT molecular complexity index is 351. The van der Waals surface area contributed by atoms with Crippen LogP contribution in [0.15, 0.2) is 30.3 Å². The summed E-state index contributed by atoms with van der Waals surface area (Å²) < 4.78 is 5.20. The Kier molecular flexibility index (Phi) is 7.91. The Morgan fingerprint density at radius 2 is 1.74 bits per heavy atom. The number of carbonyl (C=O) groups is 1. The number of nitrogens with two attached hydrogens (primary N) is 1. The minimum atomic E-state index is -0.665. The molecule has 2 N–H and O–H groups in total. The molecular formula is C16H25NO2. The molecule has 0 unspecified atom stereocenters. The monoisotopic (exact) mass is 263 g/mol. The van der Waals surface area contributed by atoms with Gasteiger partial charge in [-0.05, 0) is 12.0 Å². The van der Waals surface area contributed by atoms with E-state index in [-0.39, 0.29) is 5.97 Å². The lowest BCUT2D eigenvalue weighted by atomic mass is 10.1. The van der Waals surface area contributed by atoms with Gasteiger partial charge >= 0.3 is 5.97 Å². The first-order valence-corrected chi connectivity index (χ1v) is 7.23. The van der Waals surface area contributed by atoms with Crippen LogP contribution in [0.25, 0.3) is 0 Å².